The van der Waals surface area contributed by atoms with Crippen molar-refractivity contribution in [2.24, 2.45) is 0 Å². The number of Topliss-reactive ketones (excluding diaryl/α,β-unsaturated/α-hetero) is 1. The first-order valence-corrected chi connectivity index (χ1v) is 10.0. The van der Waals surface area contributed by atoms with E-state index in [4.69, 9.17) is 4.74 Å². The fourth-order valence-electron chi connectivity index (χ4n) is 3.99. The molecule has 2 aromatic carbocycles. The topological polar surface area (TPSA) is 53.8 Å². The van der Waals surface area contributed by atoms with Crippen molar-refractivity contribution < 1.29 is 19.5 Å². The Morgan fingerprint density at radius 3 is 2.39 bits per heavy atom. The van der Waals surface area contributed by atoms with Gasteiger partial charge in [0.05, 0.1) is 18.7 Å². The van der Waals surface area contributed by atoms with Crippen molar-refractivity contribution in [3.8, 4) is 11.5 Å². The van der Waals surface area contributed by atoms with Crippen molar-refractivity contribution in [1.29, 1.82) is 0 Å². The third-order valence-corrected chi connectivity index (χ3v) is 5.71. The molecule has 4 rings (SSSR count). The first kappa shape index (κ1) is 18.8. The van der Waals surface area contributed by atoms with Gasteiger partial charge in [-0.3, -0.25) is 4.79 Å². The van der Waals surface area contributed by atoms with Gasteiger partial charge in [-0.05, 0) is 28.7 Å². The summed E-state index contributed by atoms with van der Waals surface area (Å²) in [5, 5.41) is 12.4. The van der Waals surface area contributed by atoms with E-state index in [0.717, 1.165) is 18.7 Å². The zero-order valence-electron chi connectivity index (χ0n) is 16.8. The second kappa shape index (κ2) is 7.10. The number of ketones is 1. The summed E-state index contributed by atoms with van der Waals surface area (Å²) in [6.07, 6.45) is 4.15. The molecule has 0 radical (unpaired) electrons. The molecule has 2 heterocycles. The molecule has 4 nitrogen and oxygen atoms in total. The molecule has 2 aromatic rings. The lowest BCUT2D eigenvalue weighted by Crippen LogP contribution is -3.08. The number of hydrogen-bond acceptors (Lipinski definition) is 3. The lowest BCUT2D eigenvalue weighted by molar-refractivity contribution is -0.901. The van der Waals surface area contributed by atoms with E-state index in [2.05, 4.69) is 32.9 Å². The predicted octanol–water partition coefficient (Wildman–Crippen LogP) is 2.85. The lowest BCUT2D eigenvalue weighted by atomic mass is 9.86. The second-order valence-corrected chi connectivity index (χ2v) is 8.86. The number of carbonyl (C=O) groups excluding carboxylic acids is 1. The van der Waals surface area contributed by atoms with Crippen LogP contribution in [0.3, 0.4) is 0 Å². The first-order valence-electron chi connectivity index (χ1n) is 10.0. The minimum absolute atomic E-state index is 0.0401. The Hall–Kier alpha value is -2.59. The van der Waals surface area contributed by atoms with Gasteiger partial charge in [-0.2, -0.15) is 0 Å². The molecule has 0 atom stereocenters. The van der Waals surface area contributed by atoms with Gasteiger partial charge in [0.25, 0.3) is 0 Å². The van der Waals surface area contributed by atoms with Crippen LogP contribution in [0.5, 0.6) is 11.5 Å². The van der Waals surface area contributed by atoms with Crippen LogP contribution in [0.4, 0.5) is 0 Å². The fraction of sp³-hybridized carbons (Fsp3) is 0.375. The second-order valence-electron chi connectivity index (χ2n) is 8.86. The van der Waals surface area contributed by atoms with Crippen molar-refractivity contribution in [1.82, 2.24) is 0 Å². The summed E-state index contributed by atoms with van der Waals surface area (Å²) in [5.41, 5.74) is 3.38. The summed E-state index contributed by atoms with van der Waals surface area (Å²) >= 11 is 0. The minimum atomic E-state index is -0.146. The summed E-state index contributed by atoms with van der Waals surface area (Å²) < 4.78 is 5.94. The molecule has 146 valence electrons. The molecule has 1 fully saturated rings. The quantitative estimate of drug-likeness (QED) is 0.837. The number of carbonyl (C=O) groups is 1. The normalized spacial score (nSPS) is 18.5. The highest BCUT2D eigenvalue weighted by atomic mass is 16.5. The number of rotatable bonds is 3. The van der Waals surface area contributed by atoms with Crippen LogP contribution in [-0.2, 0) is 12.0 Å². The molecular formula is C24H27NO3. The largest absolute Gasteiger partial charge is 0.872 e. The van der Waals surface area contributed by atoms with Gasteiger partial charge in [0.2, 0.25) is 5.78 Å². The molecule has 0 amide bonds. The summed E-state index contributed by atoms with van der Waals surface area (Å²) in [6, 6.07) is 11.3. The third-order valence-electron chi connectivity index (χ3n) is 5.71. The zero-order valence-corrected chi connectivity index (χ0v) is 16.8. The van der Waals surface area contributed by atoms with Gasteiger partial charge < -0.3 is 14.7 Å². The molecular weight excluding hydrogens is 350 g/mol. The number of allylic oxidation sites excluding steroid dienone is 1. The van der Waals surface area contributed by atoms with E-state index in [0.29, 0.717) is 29.2 Å². The van der Waals surface area contributed by atoms with Crippen LogP contribution in [0, 0.1) is 0 Å². The van der Waals surface area contributed by atoms with E-state index in [1.807, 2.05) is 12.1 Å². The highest BCUT2D eigenvalue weighted by molar-refractivity contribution is 6.14. The zero-order chi connectivity index (χ0) is 19.9. The Morgan fingerprint density at radius 2 is 1.75 bits per heavy atom. The summed E-state index contributed by atoms with van der Waals surface area (Å²) in [4.78, 5) is 14.2. The van der Waals surface area contributed by atoms with Crippen LogP contribution in [0.2, 0.25) is 0 Å². The summed E-state index contributed by atoms with van der Waals surface area (Å²) in [6.45, 7) is 9.28. The standard InChI is InChI=1S/C24H27NO3/c1-24(2,3)17-8-6-16(7-9-17)14-21-22(27)18-10-11-20(26)19(23(18)28-21)15-25-12-4-5-13-25/h6-11,14,26H,4-5,12-13,15H2,1-3H3. The number of hydrogen-bond donors (Lipinski definition) is 1. The van der Waals surface area contributed by atoms with E-state index >= 15 is 0 Å². The van der Waals surface area contributed by atoms with Crippen LogP contribution >= 0.6 is 0 Å². The molecule has 0 bridgehead atoms. The van der Waals surface area contributed by atoms with Gasteiger partial charge in [0.15, 0.2) is 5.76 Å². The van der Waals surface area contributed by atoms with Gasteiger partial charge in [0.1, 0.15) is 12.3 Å². The Kier molecular flexibility index (Phi) is 4.76. The molecule has 1 N–H and O–H groups in total. The van der Waals surface area contributed by atoms with Gasteiger partial charge in [-0.1, -0.05) is 56.9 Å². The molecule has 4 heteroatoms. The maximum atomic E-state index is 12.8. The van der Waals surface area contributed by atoms with E-state index in [1.54, 1.807) is 12.1 Å². The maximum absolute atomic E-state index is 12.8. The highest BCUT2D eigenvalue weighted by Crippen LogP contribution is 2.38. The van der Waals surface area contributed by atoms with Crippen LogP contribution in [0.15, 0.2) is 42.2 Å². The molecule has 0 aromatic heterocycles. The van der Waals surface area contributed by atoms with Crippen LogP contribution < -0.4 is 14.7 Å². The number of nitrogens with one attached hydrogen (secondary N) is 1. The van der Waals surface area contributed by atoms with Gasteiger partial charge >= 0.3 is 0 Å². The van der Waals surface area contributed by atoms with Crippen molar-refractivity contribution in [3.63, 3.8) is 0 Å². The molecule has 2 aliphatic rings. The average Bonchev–Trinajstić information content (AvgIpc) is 3.26. The average molecular weight is 377 g/mol. The summed E-state index contributed by atoms with van der Waals surface area (Å²) in [7, 11) is 0. The Balaban J connectivity index is 1.62. The third kappa shape index (κ3) is 3.57. The minimum Gasteiger partial charge on any atom is -0.872 e. The van der Waals surface area contributed by atoms with Gasteiger partial charge in [-0.25, -0.2) is 0 Å². The molecule has 1 saturated heterocycles. The molecule has 0 spiro atoms. The van der Waals surface area contributed by atoms with Gasteiger partial charge in [0, 0.05) is 18.4 Å². The van der Waals surface area contributed by atoms with E-state index in [1.165, 1.54) is 29.4 Å². The number of fused-ring (bicyclic) bond motifs is 1. The van der Waals surface area contributed by atoms with Gasteiger partial charge in [-0.15, -0.1) is 0 Å². The SMILES string of the molecule is CC(C)(C)c1ccc(C=C2Oc3c(ccc([O-])c3C[NH+]3CCCC3)C2=O)cc1. The van der Waals surface area contributed by atoms with Crippen molar-refractivity contribution >= 4 is 11.9 Å². The molecule has 28 heavy (non-hydrogen) atoms. The van der Waals surface area contributed by atoms with Crippen LogP contribution in [0.1, 0.15) is 60.7 Å². The summed E-state index contributed by atoms with van der Waals surface area (Å²) in [5.74, 6) is 0.575. The predicted molar refractivity (Wildman–Crippen MR) is 108 cm³/mol. The number of benzene rings is 2. The Bertz CT molecular complexity index is 930. The van der Waals surface area contributed by atoms with Crippen LogP contribution in [0.25, 0.3) is 6.08 Å². The molecule has 0 saturated carbocycles. The Labute approximate surface area is 166 Å². The van der Waals surface area contributed by atoms with E-state index < -0.39 is 0 Å². The van der Waals surface area contributed by atoms with E-state index in [-0.39, 0.29) is 16.9 Å². The monoisotopic (exact) mass is 377 g/mol. The number of ether oxygens (including phenoxy) is 1. The van der Waals surface area contributed by atoms with Crippen molar-refractivity contribution in [2.45, 2.75) is 45.6 Å². The smallest absolute Gasteiger partial charge is 0.231 e. The number of quaternary nitrogens is 1. The molecule has 2 aliphatic heterocycles. The Morgan fingerprint density at radius 1 is 1.07 bits per heavy atom. The first-order chi connectivity index (χ1) is 13.3. The molecule has 0 aliphatic carbocycles. The lowest BCUT2D eigenvalue weighted by Gasteiger charge is -2.19. The number of likely N-dealkylation sites (tertiary alicyclic amines) is 1. The van der Waals surface area contributed by atoms with Crippen molar-refractivity contribution in [2.75, 3.05) is 13.1 Å². The fourth-order valence-corrected chi connectivity index (χ4v) is 3.99. The highest BCUT2D eigenvalue weighted by Gasteiger charge is 2.31. The van der Waals surface area contributed by atoms with Crippen LogP contribution in [-0.4, -0.2) is 18.9 Å². The maximum Gasteiger partial charge on any atom is 0.231 e. The van der Waals surface area contributed by atoms with E-state index in [9.17, 15) is 9.90 Å². The molecule has 0 unspecified atom stereocenters. The van der Waals surface area contributed by atoms with Crippen molar-refractivity contribution in [3.05, 3.63) is 64.4 Å².